The Morgan fingerprint density at radius 1 is 1.45 bits per heavy atom. The summed E-state index contributed by atoms with van der Waals surface area (Å²) in [4.78, 5) is 7.00. The normalized spacial score (nSPS) is 24.6. The van der Waals surface area contributed by atoms with Gasteiger partial charge in [-0.15, -0.1) is 0 Å². The third-order valence-corrected chi connectivity index (χ3v) is 2.47. The highest BCUT2D eigenvalue weighted by atomic mass is 15.3. The first-order chi connectivity index (χ1) is 5.29. The number of amidine groups is 1. The average molecular weight is 152 g/mol. The van der Waals surface area contributed by atoms with Gasteiger partial charge in [0.2, 0.25) is 0 Å². The molecule has 0 radical (unpaired) electrons. The Morgan fingerprint density at radius 2 is 2.18 bits per heavy atom. The minimum absolute atomic E-state index is 0.650. The highest BCUT2D eigenvalue weighted by Crippen LogP contribution is 2.33. The number of hydrogen-bond donors (Lipinski definition) is 0. The van der Waals surface area contributed by atoms with Crippen molar-refractivity contribution < 1.29 is 0 Å². The lowest BCUT2D eigenvalue weighted by molar-refractivity contribution is 0.372. The second-order valence-electron chi connectivity index (χ2n) is 3.80. The van der Waals surface area contributed by atoms with Gasteiger partial charge < -0.3 is 4.90 Å². The van der Waals surface area contributed by atoms with E-state index in [9.17, 15) is 0 Å². The lowest BCUT2D eigenvalue weighted by Crippen LogP contribution is -2.35. The third-order valence-electron chi connectivity index (χ3n) is 2.47. The molecule has 1 fully saturated rings. The molecular weight excluding hydrogens is 136 g/mol. The first-order valence-corrected chi connectivity index (χ1v) is 4.60. The summed E-state index contributed by atoms with van der Waals surface area (Å²) >= 11 is 0. The van der Waals surface area contributed by atoms with Crippen molar-refractivity contribution >= 4 is 5.84 Å². The van der Waals surface area contributed by atoms with Crippen LogP contribution >= 0.6 is 0 Å². The smallest absolute Gasteiger partial charge is 0.102 e. The summed E-state index contributed by atoms with van der Waals surface area (Å²) in [6, 6.07) is 0.650. The fourth-order valence-electron chi connectivity index (χ4n) is 1.71. The molecule has 11 heavy (non-hydrogen) atoms. The summed E-state index contributed by atoms with van der Waals surface area (Å²) < 4.78 is 0. The van der Waals surface area contributed by atoms with Crippen LogP contribution < -0.4 is 0 Å². The summed E-state index contributed by atoms with van der Waals surface area (Å²) in [6.45, 7) is 6.69. The summed E-state index contributed by atoms with van der Waals surface area (Å²) in [5.41, 5.74) is 0. The van der Waals surface area contributed by atoms with Crippen LogP contribution in [0.1, 0.15) is 26.7 Å². The number of rotatable bonds is 2. The van der Waals surface area contributed by atoms with Crippen molar-refractivity contribution in [3.8, 4) is 0 Å². The van der Waals surface area contributed by atoms with Gasteiger partial charge in [-0.1, -0.05) is 0 Å². The van der Waals surface area contributed by atoms with Crippen molar-refractivity contribution in [2.45, 2.75) is 32.7 Å². The number of nitrogens with zero attached hydrogens (tertiary/aromatic N) is 2. The monoisotopic (exact) mass is 152 g/mol. The molecule has 2 nitrogen and oxygen atoms in total. The summed E-state index contributed by atoms with van der Waals surface area (Å²) in [5.74, 6) is 2.24. The van der Waals surface area contributed by atoms with Crippen molar-refractivity contribution in [2.24, 2.45) is 10.9 Å². The Bertz CT molecular complexity index is 180. The van der Waals surface area contributed by atoms with Crippen LogP contribution in [0, 0.1) is 5.92 Å². The Labute approximate surface area is 68.3 Å². The van der Waals surface area contributed by atoms with E-state index in [-0.39, 0.29) is 0 Å². The second kappa shape index (κ2) is 2.50. The van der Waals surface area contributed by atoms with Crippen LogP contribution in [0.15, 0.2) is 4.99 Å². The maximum Gasteiger partial charge on any atom is 0.102 e. The molecule has 0 unspecified atom stereocenters. The molecular formula is C9H16N2. The van der Waals surface area contributed by atoms with Gasteiger partial charge in [0.1, 0.15) is 5.84 Å². The van der Waals surface area contributed by atoms with Gasteiger partial charge in [-0.05, 0) is 26.7 Å². The predicted molar refractivity (Wildman–Crippen MR) is 46.9 cm³/mol. The van der Waals surface area contributed by atoms with Crippen molar-refractivity contribution in [3.63, 3.8) is 0 Å². The molecule has 1 heterocycles. The minimum Gasteiger partial charge on any atom is -0.356 e. The standard InChI is InChI=1S/C9H16N2/c1-7(2)11-6-5-10-9(11)8-3-4-8/h7-8H,3-6H2,1-2H3. The summed E-state index contributed by atoms with van der Waals surface area (Å²) in [5, 5.41) is 0. The van der Waals surface area contributed by atoms with Crippen molar-refractivity contribution in [1.29, 1.82) is 0 Å². The van der Waals surface area contributed by atoms with Gasteiger partial charge in [-0.25, -0.2) is 0 Å². The molecule has 0 amide bonds. The molecule has 0 N–H and O–H groups in total. The zero-order chi connectivity index (χ0) is 7.84. The Kier molecular flexibility index (Phi) is 1.63. The van der Waals surface area contributed by atoms with Crippen LogP contribution in [0.4, 0.5) is 0 Å². The lowest BCUT2D eigenvalue weighted by Gasteiger charge is -2.24. The van der Waals surface area contributed by atoms with E-state index in [0.717, 1.165) is 19.0 Å². The first kappa shape index (κ1) is 7.14. The van der Waals surface area contributed by atoms with Crippen LogP contribution in [-0.4, -0.2) is 29.9 Å². The largest absolute Gasteiger partial charge is 0.356 e. The SMILES string of the molecule is CC(C)N1CCN=C1C1CC1. The van der Waals surface area contributed by atoms with Gasteiger partial charge in [0.15, 0.2) is 0 Å². The van der Waals surface area contributed by atoms with E-state index >= 15 is 0 Å². The summed E-state index contributed by atoms with van der Waals surface area (Å²) in [7, 11) is 0. The molecule has 0 aromatic rings. The lowest BCUT2D eigenvalue weighted by atomic mass is 10.2. The molecule has 0 saturated heterocycles. The Morgan fingerprint density at radius 3 is 2.73 bits per heavy atom. The molecule has 0 aromatic carbocycles. The molecule has 1 aliphatic heterocycles. The van der Waals surface area contributed by atoms with Gasteiger partial charge in [-0.2, -0.15) is 0 Å². The zero-order valence-electron chi connectivity index (χ0n) is 7.38. The molecule has 2 rings (SSSR count). The summed E-state index contributed by atoms with van der Waals surface area (Å²) in [6.07, 6.45) is 2.75. The van der Waals surface area contributed by atoms with Crippen molar-refractivity contribution in [2.75, 3.05) is 13.1 Å². The Hall–Kier alpha value is -0.530. The first-order valence-electron chi connectivity index (χ1n) is 4.60. The van der Waals surface area contributed by atoms with Crippen LogP contribution in [0.25, 0.3) is 0 Å². The molecule has 1 saturated carbocycles. The highest BCUT2D eigenvalue weighted by Gasteiger charge is 2.34. The van der Waals surface area contributed by atoms with Crippen LogP contribution in [0.2, 0.25) is 0 Å². The maximum absolute atomic E-state index is 4.54. The van der Waals surface area contributed by atoms with Crippen LogP contribution in [0.5, 0.6) is 0 Å². The second-order valence-corrected chi connectivity index (χ2v) is 3.80. The van der Waals surface area contributed by atoms with Crippen LogP contribution in [0.3, 0.4) is 0 Å². The van der Waals surface area contributed by atoms with Crippen molar-refractivity contribution in [1.82, 2.24) is 4.90 Å². The van der Waals surface area contributed by atoms with Gasteiger partial charge in [-0.3, -0.25) is 4.99 Å². The Balaban J connectivity index is 2.05. The van der Waals surface area contributed by atoms with Gasteiger partial charge in [0, 0.05) is 18.5 Å². The molecule has 2 heteroatoms. The third kappa shape index (κ3) is 1.26. The van der Waals surface area contributed by atoms with E-state index in [1.54, 1.807) is 0 Å². The van der Waals surface area contributed by atoms with E-state index < -0.39 is 0 Å². The van der Waals surface area contributed by atoms with E-state index in [4.69, 9.17) is 0 Å². The molecule has 1 aliphatic carbocycles. The molecule has 0 atom stereocenters. The number of aliphatic imine (C=N–C) groups is 1. The minimum atomic E-state index is 0.650. The van der Waals surface area contributed by atoms with E-state index in [1.807, 2.05) is 0 Å². The average Bonchev–Trinajstić information content (AvgIpc) is 2.68. The zero-order valence-corrected chi connectivity index (χ0v) is 7.38. The molecule has 62 valence electrons. The van der Waals surface area contributed by atoms with Gasteiger partial charge >= 0.3 is 0 Å². The fraction of sp³-hybridized carbons (Fsp3) is 0.889. The van der Waals surface area contributed by atoms with Crippen LogP contribution in [-0.2, 0) is 0 Å². The van der Waals surface area contributed by atoms with E-state index in [0.29, 0.717) is 6.04 Å². The topological polar surface area (TPSA) is 15.6 Å². The van der Waals surface area contributed by atoms with Gasteiger partial charge in [0.05, 0.1) is 6.54 Å². The molecule has 2 aliphatic rings. The highest BCUT2D eigenvalue weighted by molar-refractivity contribution is 5.88. The van der Waals surface area contributed by atoms with Gasteiger partial charge in [0.25, 0.3) is 0 Å². The molecule has 0 aromatic heterocycles. The number of hydrogen-bond acceptors (Lipinski definition) is 2. The predicted octanol–water partition coefficient (Wildman–Crippen LogP) is 1.52. The van der Waals surface area contributed by atoms with Crippen molar-refractivity contribution in [3.05, 3.63) is 0 Å². The molecule has 0 spiro atoms. The van der Waals surface area contributed by atoms with E-state index in [1.165, 1.54) is 18.7 Å². The van der Waals surface area contributed by atoms with E-state index in [2.05, 4.69) is 23.7 Å². The fourth-order valence-corrected chi connectivity index (χ4v) is 1.71. The quantitative estimate of drug-likeness (QED) is 0.585. The maximum atomic E-state index is 4.54. The molecule has 0 bridgehead atoms.